The van der Waals surface area contributed by atoms with Crippen LogP contribution in [0.25, 0.3) is 0 Å². The number of hydrogen-bond acceptors (Lipinski definition) is 5. The maximum atomic E-state index is 10.8. The third kappa shape index (κ3) is 3.08. The van der Waals surface area contributed by atoms with Crippen molar-refractivity contribution in [3.8, 4) is 0 Å². The zero-order valence-corrected chi connectivity index (χ0v) is 10.3. The Kier molecular flexibility index (Phi) is 3.90. The van der Waals surface area contributed by atoms with Gasteiger partial charge >= 0.3 is 5.97 Å². The Balaban J connectivity index is 2.15. The molecule has 102 valence electrons. The third-order valence-corrected chi connectivity index (χ3v) is 2.62. The summed E-state index contributed by atoms with van der Waals surface area (Å²) in [5, 5.41) is 22.6. The number of anilines is 1. The van der Waals surface area contributed by atoms with Crippen LogP contribution in [0.3, 0.4) is 0 Å². The minimum atomic E-state index is -1.04. The molecule has 0 saturated carbocycles. The third-order valence-electron chi connectivity index (χ3n) is 2.62. The Hall–Kier alpha value is -2.96. The first-order valence-corrected chi connectivity index (χ1v) is 5.73. The number of hydrogen-bond donors (Lipinski definition) is 2. The van der Waals surface area contributed by atoms with Crippen molar-refractivity contribution in [3.05, 3.63) is 64.0 Å². The first-order chi connectivity index (χ1) is 9.58. The SMILES string of the molecule is O=C(O)c1ccnc(CNc2ccccc2[N+](=O)[O-])c1. The molecule has 1 heterocycles. The second-order valence-corrected chi connectivity index (χ2v) is 3.97. The summed E-state index contributed by atoms with van der Waals surface area (Å²) in [6.45, 7) is 0.200. The highest BCUT2D eigenvalue weighted by Crippen LogP contribution is 2.23. The van der Waals surface area contributed by atoms with Crippen LogP contribution in [0.1, 0.15) is 16.1 Å². The van der Waals surface area contributed by atoms with E-state index < -0.39 is 10.9 Å². The van der Waals surface area contributed by atoms with Crippen molar-refractivity contribution in [2.24, 2.45) is 0 Å². The number of carboxylic acids is 1. The molecule has 2 aromatic rings. The Morgan fingerprint density at radius 3 is 2.80 bits per heavy atom. The maximum absolute atomic E-state index is 10.8. The molecule has 1 aromatic heterocycles. The van der Waals surface area contributed by atoms with E-state index in [1.807, 2.05) is 0 Å². The Bertz CT molecular complexity index is 658. The Labute approximate surface area is 114 Å². The van der Waals surface area contributed by atoms with Crippen LogP contribution in [0.15, 0.2) is 42.6 Å². The van der Waals surface area contributed by atoms with Crippen molar-refractivity contribution in [2.75, 3.05) is 5.32 Å². The largest absolute Gasteiger partial charge is 0.478 e. The molecule has 20 heavy (non-hydrogen) atoms. The van der Waals surface area contributed by atoms with Crippen molar-refractivity contribution in [1.29, 1.82) is 0 Å². The number of nitro benzene ring substituents is 1. The van der Waals surface area contributed by atoms with Gasteiger partial charge in [-0.15, -0.1) is 0 Å². The van der Waals surface area contributed by atoms with Gasteiger partial charge in [0.15, 0.2) is 0 Å². The van der Waals surface area contributed by atoms with Crippen molar-refractivity contribution in [3.63, 3.8) is 0 Å². The van der Waals surface area contributed by atoms with E-state index in [1.54, 1.807) is 18.2 Å². The molecule has 0 bridgehead atoms. The smallest absolute Gasteiger partial charge is 0.335 e. The Morgan fingerprint density at radius 1 is 1.35 bits per heavy atom. The average Bonchev–Trinajstić information content (AvgIpc) is 2.45. The van der Waals surface area contributed by atoms with E-state index in [-0.39, 0.29) is 17.8 Å². The van der Waals surface area contributed by atoms with Gasteiger partial charge in [0.25, 0.3) is 5.69 Å². The van der Waals surface area contributed by atoms with Crippen LogP contribution >= 0.6 is 0 Å². The van der Waals surface area contributed by atoms with Crippen LogP contribution in [-0.4, -0.2) is 21.0 Å². The highest BCUT2D eigenvalue weighted by molar-refractivity contribution is 5.87. The monoisotopic (exact) mass is 273 g/mol. The molecule has 0 aliphatic heterocycles. The number of pyridine rings is 1. The number of para-hydroxylation sites is 2. The highest BCUT2D eigenvalue weighted by atomic mass is 16.6. The molecule has 2 N–H and O–H groups in total. The summed E-state index contributed by atoms with van der Waals surface area (Å²) in [7, 11) is 0. The number of carboxylic acid groups (broad SMARTS) is 1. The number of aromatic nitrogens is 1. The fourth-order valence-corrected chi connectivity index (χ4v) is 1.68. The molecule has 1 aromatic carbocycles. The van der Waals surface area contributed by atoms with Gasteiger partial charge in [-0.1, -0.05) is 12.1 Å². The fourth-order valence-electron chi connectivity index (χ4n) is 1.68. The van der Waals surface area contributed by atoms with Crippen molar-refractivity contribution < 1.29 is 14.8 Å². The lowest BCUT2D eigenvalue weighted by atomic mass is 10.2. The first kappa shape index (κ1) is 13.5. The molecule has 7 heteroatoms. The van der Waals surface area contributed by atoms with Crippen LogP contribution in [0.2, 0.25) is 0 Å². The van der Waals surface area contributed by atoms with Crippen LogP contribution in [-0.2, 0) is 6.54 Å². The van der Waals surface area contributed by atoms with Crippen LogP contribution in [0.4, 0.5) is 11.4 Å². The van der Waals surface area contributed by atoms with Gasteiger partial charge in [-0.2, -0.15) is 0 Å². The van der Waals surface area contributed by atoms with E-state index in [2.05, 4.69) is 10.3 Å². The lowest BCUT2D eigenvalue weighted by Gasteiger charge is -2.06. The average molecular weight is 273 g/mol. The van der Waals surface area contributed by atoms with Gasteiger partial charge < -0.3 is 10.4 Å². The quantitative estimate of drug-likeness (QED) is 0.639. The topological polar surface area (TPSA) is 105 Å². The van der Waals surface area contributed by atoms with Gasteiger partial charge in [-0.25, -0.2) is 4.79 Å². The molecule has 2 rings (SSSR count). The Morgan fingerprint density at radius 2 is 2.10 bits per heavy atom. The number of benzene rings is 1. The predicted molar refractivity (Wildman–Crippen MR) is 71.6 cm³/mol. The fraction of sp³-hybridized carbons (Fsp3) is 0.0769. The molecule has 0 unspecified atom stereocenters. The molecular weight excluding hydrogens is 262 g/mol. The van der Waals surface area contributed by atoms with Crippen molar-refractivity contribution in [2.45, 2.75) is 6.54 Å². The predicted octanol–water partition coefficient (Wildman–Crippen LogP) is 2.30. The van der Waals surface area contributed by atoms with Gasteiger partial charge in [0.2, 0.25) is 0 Å². The first-order valence-electron chi connectivity index (χ1n) is 5.73. The lowest BCUT2D eigenvalue weighted by Crippen LogP contribution is -2.06. The van der Waals surface area contributed by atoms with Gasteiger partial charge in [-0.05, 0) is 18.2 Å². The summed E-state index contributed by atoms with van der Waals surface area (Å²) >= 11 is 0. The van der Waals surface area contributed by atoms with E-state index in [9.17, 15) is 14.9 Å². The molecule has 0 spiro atoms. The second-order valence-electron chi connectivity index (χ2n) is 3.97. The van der Waals surface area contributed by atoms with Gasteiger partial charge in [0.05, 0.1) is 22.7 Å². The van der Waals surface area contributed by atoms with Crippen molar-refractivity contribution in [1.82, 2.24) is 4.98 Å². The maximum Gasteiger partial charge on any atom is 0.335 e. The standard InChI is InChI=1S/C13H11N3O4/c17-13(18)9-5-6-14-10(7-9)8-15-11-3-1-2-4-12(11)16(19)20/h1-7,15H,8H2,(H,17,18). The van der Waals surface area contributed by atoms with Crippen LogP contribution < -0.4 is 5.32 Å². The van der Waals surface area contributed by atoms with E-state index in [4.69, 9.17) is 5.11 Å². The van der Waals surface area contributed by atoms with E-state index >= 15 is 0 Å². The molecule has 0 aliphatic carbocycles. The highest BCUT2D eigenvalue weighted by Gasteiger charge is 2.12. The number of carbonyl (C=O) groups is 1. The summed E-state index contributed by atoms with van der Waals surface area (Å²) in [5.41, 5.74) is 0.935. The minimum absolute atomic E-state index is 0.0399. The van der Waals surface area contributed by atoms with E-state index in [1.165, 1.54) is 24.4 Å². The van der Waals surface area contributed by atoms with Gasteiger partial charge in [0, 0.05) is 12.3 Å². The molecule has 0 saturated heterocycles. The summed E-state index contributed by atoms with van der Waals surface area (Å²) in [6, 6.07) is 9.03. The molecule has 0 atom stereocenters. The molecule has 0 aliphatic rings. The number of nitro groups is 1. The number of rotatable bonds is 5. The van der Waals surface area contributed by atoms with Crippen LogP contribution in [0, 0.1) is 10.1 Å². The number of aromatic carboxylic acids is 1. The summed E-state index contributed by atoms with van der Waals surface area (Å²) in [5.74, 6) is -1.04. The summed E-state index contributed by atoms with van der Waals surface area (Å²) < 4.78 is 0. The van der Waals surface area contributed by atoms with Crippen molar-refractivity contribution >= 4 is 17.3 Å². The number of nitrogens with zero attached hydrogens (tertiary/aromatic N) is 2. The van der Waals surface area contributed by atoms with E-state index in [0.29, 0.717) is 11.4 Å². The lowest BCUT2D eigenvalue weighted by molar-refractivity contribution is -0.384. The zero-order chi connectivity index (χ0) is 14.5. The molecular formula is C13H11N3O4. The molecule has 0 fully saturated rings. The minimum Gasteiger partial charge on any atom is -0.478 e. The van der Waals surface area contributed by atoms with Gasteiger partial charge in [-0.3, -0.25) is 15.1 Å². The molecule has 7 nitrogen and oxygen atoms in total. The zero-order valence-electron chi connectivity index (χ0n) is 10.3. The molecule has 0 amide bonds. The number of nitrogens with one attached hydrogen (secondary N) is 1. The second kappa shape index (κ2) is 5.79. The van der Waals surface area contributed by atoms with Gasteiger partial charge in [0.1, 0.15) is 5.69 Å². The summed E-state index contributed by atoms with van der Waals surface area (Å²) in [6.07, 6.45) is 1.39. The molecule has 0 radical (unpaired) electrons. The van der Waals surface area contributed by atoms with E-state index in [0.717, 1.165) is 0 Å². The summed E-state index contributed by atoms with van der Waals surface area (Å²) in [4.78, 5) is 25.2. The van der Waals surface area contributed by atoms with Crippen LogP contribution in [0.5, 0.6) is 0 Å². The normalized spacial score (nSPS) is 10.0.